The second-order valence-corrected chi connectivity index (χ2v) is 6.61. The molecule has 0 amide bonds. The molecule has 1 aliphatic rings. The van der Waals surface area contributed by atoms with Crippen LogP contribution in [-0.2, 0) is 6.54 Å². The van der Waals surface area contributed by atoms with Crippen LogP contribution < -0.4 is 5.73 Å². The molecule has 5 heteroatoms. The molecule has 108 valence electrons. The van der Waals surface area contributed by atoms with E-state index in [-0.39, 0.29) is 23.9 Å². The Morgan fingerprint density at radius 2 is 1.89 bits per heavy atom. The first kappa shape index (κ1) is 17.1. The van der Waals surface area contributed by atoms with Gasteiger partial charge in [-0.05, 0) is 24.0 Å². The summed E-state index contributed by atoms with van der Waals surface area (Å²) >= 11 is 12.4. The van der Waals surface area contributed by atoms with E-state index in [0.29, 0.717) is 0 Å². The van der Waals surface area contributed by atoms with E-state index >= 15 is 0 Å². The van der Waals surface area contributed by atoms with Crippen LogP contribution in [0, 0.1) is 5.41 Å². The minimum Gasteiger partial charge on any atom is -0.327 e. The average molecular weight is 324 g/mol. The zero-order chi connectivity index (χ0) is 13.3. The molecule has 1 aromatic carbocycles. The van der Waals surface area contributed by atoms with Gasteiger partial charge in [0.1, 0.15) is 0 Å². The van der Waals surface area contributed by atoms with Crippen LogP contribution >= 0.6 is 35.6 Å². The van der Waals surface area contributed by atoms with Crippen molar-refractivity contribution in [2.24, 2.45) is 11.1 Å². The summed E-state index contributed by atoms with van der Waals surface area (Å²) in [5.41, 5.74) is 7.31. The molecule has 2 N–H and O–H groups in total. The summed E-state index contributed by atoms with van der Waals surface area (Å²) in [6.45, 7) is 7.23. The van der Waals surface area contributed by atoms with Crippen LogP contribution in [-0.4, -0.2) is 24.0 Å². The summed E-state index contributed by atoms with van der Waals surface area (Å²) in [6.07, 6.45) is 1.02. The molecular weight excluding hydrogens is 303 g/mol. The Morgan fingerprint density at radius 3 is 2.42 bits per heavy atom. The summed E-state index contributed by atoms with van der Waals surface area (Å²) in [7, 11) is 0. The van der Waals surface area contributed by atoms with Gasteiger partial charge in [-0.25, -0.2) is 0 Å². The van der Waals surface area contributed by atoms with Crippen molar-refractivity contribution in [2.75, 3.05) is 13.1 Å². The van der Waals surface area contributed by atoms with Gasteiger partial charge in [-0.2, -0.15) is 0 Å². The molecule has 1 heterocycles. The molecule has 1 unspecified atom stereocenters. The first-order valence-corrected chi connectivity index (χ1v) is 7.06. The van der Waals surface area contributed by atoms with Crippen molar-refractivity contribution in [1.29, 1.82) is 0 Å². The number of hydrogen-bond acceptors (Lipinski definition) is 2. The van der Waals surface area contributed by atoms with E-state index in [0.717, 1.165) is 41.7 Å². The second kappa shape index (κ2) is 6.64. The maximum Gasteiger partial charge on any atom is 0.0465 e. The molecule has 0 aliphatic carbocycles. The van der Waals surface area contributed by atoms with Crippen molar-refractivity contribution in [3.8, 4) is 0 Å². The molecule has 2 nitrogen and oxygen atoms in total. The zero-order valence-electron chi connectivity index (χ0n) is 11.3. The Kier molecular flexibility index (Phi) is 5.96. The van der Waals surface area contributed by atoms with Gasteiger partial charge in [0, 0.05) is 41.3 Å². The number of nitrogens with two attached hydrogens (primary N) is 1. The fourth-order valence-electron chi connectivity index (χ4n) is 2.53. The SMILES string of the molecule is CC1(C)CN(Cc2c(Cl)cccc2Cl)CCC1N.Cl. The lowest BCUT2D eigenvalue weighted by Crippen LogP contribution is -2.52. The van der Waals surface area contributed by atoms with Gasteiger partial charge in [0.15, 0.2) is 0 Å². The minimum absolute atomic E-state index is 0. The molecule has 0 bridgehead atoms. The standard InChI is InChI=1S/C14H20Cl2N2.ClH/c1-14(2)9-18(7-6-13(14)17)8-10-11(15)4-3-5-12(10)16;/h3-5,13H,6-9,17H2,1-2H3;1H. The molecule has 0 aromatic heterocycles. The van der Waals surface area contributed by atoms with Crippen molar-refractivity contribution in [3.63, 3.8) is 0 Å². The highest BCUT2D eigenvalue weighted by atomic mass is 35.5. The average Bonchev–Trinajstić information content (AvgIpc) is 2.28. The van der Waals surface area contributed by atoms with E-state index in [1.807, 2.05) is 18.2 Å². The predicted octanol–water partition coefficient (Wildman–Crippen LogP) is 3.97. The fourth-order valence-corrected chi connectivity index (χ4v) is 3.04. The fraction of sp³-hybridized carbons (Fsp3) is 0.571. The van der Waals surface area contributed by atoms with E-state index in [1.54, 1.807) is 0 Å². The van der Waals surface area contributed by atoms with Crippen LogP contribution in [0.5, 0.6) is 0 Å². The Labute approximate surface area is 131 Å². The van der Waals surface area contributed by atoms with Gasteiger partial charge in [-0.3, -0.25) is 4.90 Å². The van der Waals surface area contributed by atoms with Crippen LogP contribution in [0.4, 0.5) is 0 Å². The minimum atomic E-state index is 0. The van der Waals surface area contributed by atoms with Crippen LogP contribution in [0.25, 0.3) is 0 Å². The molecule has 1 fully saturated rings. The van der Waals surface area contributed by atoms with Crippen LogP contribution in [0.15, 0.2) is 18.2 Å². The third kappa shape index (κ3) is 3.99. The Hall–Kier alpha value is 0.01000. The molecule has 0 saturated carbocycles. The molecule has 0 radical (unpaired) electrons. The lowest BCUT2D eigenvalue weighted by Gasteiger charge is -2.42. The van der Waals surface area contributed by atoms with E-state index in [1.165, 1.54) is 0 Å². The Balaban J connectivity index is 0.00000180. The number of piperidine rings is 1. The first-order valence-electron chi connectivity index (χ1n) is 6.31. The molecular formula is C14H21Cl3N2. The molecule has 0 spiro atoms. The largest absolute Gasteiger partial charge is 0.327 e. The molecule has 1 saturated heterocycles. The van der Waals surface area contributed by atoms with Gasteiger partial charge in [0.25, 0.3) is 0 Å². The van der Waals surface area contributed by atoms with E-state index in [4.69, 9.17) is 28.9 Å². The van der Waals surface area contributed by atoms with Gasteiger partial charge in [0.05, 0.1) is 0 Å². The van der Waals surface area contributed by atoms with Crippen molar-refractivity contribution in [3.05, 3.63) is 33.8 Å². The molecule has 1 aliphatic heterocycles. The first-order chi connectivity index (χ1) is 8.40. The number of rotatable bonds is 2. The number of benzene rings is 1. The maximum absolute atomic E-state index is 6.21. The highest BCUT2D eigenvalue weighted by Crippen LogP contribution is 2.31. The molecule has 1 atom stereocenters. The van der Waals surface area contributed by atoms with Crippen LogP contribution in [0.3, 0.4) is 0 Å². The zero-order valence-corrected chi connectivity index (χ0v) is 13.7. The van der Waals surface area contributed by atoms with Gasteiger partial charge in [-0.1, -0.05) is 43.1 Å². The second-order valence-electron chi connectivity index (χ2n) is 5.79. The van der Waals surface area contributed by atoms with Crippen molar-refractivity contribution >= 4 is 35.6 Å². The smallest absolute Gasteiger partial charge is 0.0465 e. The summed E-state index contributed by atoms with van der Waals surface area (Å²) in [4.78, 5) is 2.39. The number of nitrogens with zero attached hydrogens (tertiary/aromatic N) is 1. The topological polar surface area (TPSA) is 29.3 Å². The molecule has 19 heavy (non-hydrogen) atoms. The summed E-state index contributed by atoms with van der Waals surface area (Å²) in [5, 5.41) is 1.49. The van der Waals surface area contributed by atoms with Crippen molar-refractivity contribution < 1.29 is 0 Å². The third-order valence-electron chi connectivity index (χ3n) is 3.83. The van der Waals surface area contributed by atoms with Gasteiger partial charge in [-0.15, -0.1) is 12.4 Å². The van der Waals surface area contributed by atoms with Gasteiger partial charge < -0.3 is 5.73 Å². The molecule has 2 rings (SSSR count). The Bertz CT molecular complexity index is 414. The molecule has 1 aromatic rings. The number of halogens is 3. The van der Waals surface area contributed by atoms with E-state index in [2.05, 4.69) is 18.7 Å². The summed E-state index contributed by atoms with van der Waals surface area (Å²) in [6, 6.07) is 5.94. The van der Waals surface area contributed by atoms with Crippen molar-refractivity contribution in [2.45, 2.75) is 32.9 Å². The van der Waals surface area contributed by atoms with Crippen LogP contribution in [0.2, 0.25) is 10.0 Å². The number of likely N-dealkylation sites (tertiary alicyclic amines) is 1. The normalized spacial score (nSPS) is 22.9. The monoisotopic (exact) mass is 322 g/mol. The third-order valence-corrected chi connectivity index (χ3v) is 4.54. The highest BCUT2D eigenvalue weighted by Gasteiger charge is 2.33. The van der Waals surface area contributed by atoms with E-state index < -0.39 is 0 Å². The van der Waals surface area contributed by atoms with Crippen molar-refractivity contribution in [1.82, 2.24) is 4.90 Å². The summed E-state index contributed by atoms with van der Waals surface area (Å²) in [5.74, 6) is 0. The Morgan fingerprint density at radius 1 is 1.32 bits per heavy atom. The highest BCUT2D eigenvalue weighted by molar-refractivity contribution is 6.35. The van der Waals surface area contributed by atoms with Gasteiger partial charge >= 0.3 is 0 Å². The lowest BCUT2D eigenvalue weighted by molar-refractivity contribution is 0.0899. The van der Waals surface area contributed by atoms with Gasteiger partial charge in [0.2, 0.25) is 0 Å². The maximum atomic E-state index is 6.21. The quantitative estimate of drug-likeness (QED) is 0.892. The van der Waals surface area contributed by atoms with Crippen LogP contribution in [0.1, 0.15) is 25.8 Å². The summed E-state index contributed by atoms with van der Waals surface area (Å²) < 4.78 is 0. The van der Waals surface area contributed by atoms with E-state index in [9.17, 15) is 0 Å². The number of hydrogen-bond donors (Lipinski definition) is 1. The lowest BCUT2D eigenvalue weighted by atomic mass is 9.79. The predicted molar refractivity (Wildman–Crippen MR) is 85.4 cm³/mol.